The lowest BCUT2D eigenvalue weighted by Gasteiger charge is -2.27. The zero-order valence-electron chi connectivity index (χ0n) is 14.5. The Labute approximate surface area is 156 Å². The van der Waals surface area contributed by atoms with Gasteiger partial charge >= 0.3 is 0 Å². The summed E-state index contributed by atoms with van der Waals surface area (Å²) >= 11 is 0. The van der Waals surface area contributed by atoms with Crippen LogP contribution in [-0.4, -0.2) is 41.6 Å². The Bertz CT molecular complexity index is 1070. The quantitative estimate of drug-likeness (QED) is 0.548. The molecule has 8 nitrogen and oxygen atoms in total. The molecule has 0 aliphatic carbocycles. The third-order valence-corrected chi connectivity index (χ3v) is 5.96. The van der Waals surface area contributed by atoms with Crippen LogP contribution < -0.4 is 5.43 Å². The minimum atomic E-state index is -3.96. The molecule has 2 aromatic rings. The highest BCUT2D eigenvalue weighted by Gasteiger charge is 2.37. The first-order valence-corrected chi connectivity index (χ1v) is 9.33. The van der Waals surface area contributed by atoms with E-state index in [1.54, 1.807) is 25.1 Å². The number of aromatic hydroxyl groups is 1. The molecule has 9 heteroatoms. The molecule has 1 amide bonds. The molecule has 1 aliphatic rings. The molecule has 0 bridgehead atoms. The fourth-order valence-electron chi connectivity index (χ4n) is 2.64. The van der Waals surface area contributed by atoms with E-state index >= 15 is 0 Å². The van der Waals surface area contributed by atoms with E-state index in [9.17, 15) is 23.4 Å². The zero-order chi connectivity index (χ0) is 19.8. The number of aliphatic hydroxyl groups is 1. The van der Waals surface area contributed by atoms with Crippen LogP contribution in [0.3, 0.4) is 0 Å². The number of phenolic OH excluding ortho intramolecular Hbond substituents is 1. The van der Waals surface area contributed by atoms with Gasteiger partial charge in [-0.15, -0.1) is 0 Å². The lowest BCUT2D eigenvalue weighted by molar-refractivity contribution is -0.118. The Balaban J connectivity index is 1.94. The van der Waals surface area contributed by atoms with Crippen LogP contribution in [0.25, 0.3) is 5.76 Å². The Morgan fingerprint density at radius 1 is 1.07 bits per heavy atom. The van der Waals surface area contributed by atoms with Crippen LogP contribution in [0.15, 0.2) is 64.2 Å². The summed E-state index contributed by atoms with van der Waals surface area (Å²) in [5.41, 5.74) is 2.98. The molecule has 0 radical (unpaired) electrons. The molecule has 0 saturated carbocycles. The Morgan fingerprint density at radius 2 is 1.70 bits per heavy atom. The van der Waals surface area contributed by atoms with E-state index in [1.165, 1.54) is 37.4 Å². The number of rotatable bonds is 3. The van der Waals surface area contributed by atoms with E-state index in [-0.39, 0.29) is 16.2 Å². The molecule has 3 rings (SSSR count). The number of nitrogens with zero attached hydrogens (tertiary/aromatic N) is 2. The second-order valence-corrected chi connectivity index (χ2v) is 7.79. The maximum atomic E-state index is 12.6. The van der Waals surface area contributed by atoms with Crippen LogP contribution in [0.2, 0.25) is 0 Å². The Kier molecular flexibility index (Phi) is 4.63. The molecule has 0 aromatic heterocycles. The first kappa shape index (κ1) is 18.5. The van der Waals surface area contributed by atoms with Crippen molar-refractivity contribution >= 4 is 27.4 Å². The molecule has 1 aliphatic heterocycles. The van der Waals surface area contributed by atoms with Crippen molar-refractivity contribution in [3.8, 4) is 5.75 Å². The standard InChI is InChI=1S/C18H17N3O5S/c1-11(12-7-9-13(22)10-8-12)19-20-18(24)16-17(23)14-5-3-4-6-15(14)27(25,26)21(16)2/h3-10,22-23H,1-2H3,(H,20,24)/b19-11+. The molecule has 0 fully saturated rings. The number of hydrazone groups is 1. The van der Waals surface area contributed by atoms with Crippen LogP contribution in [0.4, 0.5) is 0 Å². The molecule has 27 heavy (non-hydrogen) atoms. The number of carbonyl (C=O) groups excluding carboxylic acids is 1. The van der Waals surface area contributed by atoms with Crippen LogP contribution in [0, 0.1) is 0 Å². The number of amides is 1. The highest BCUT2D eigenvalue weighted by atomic mass is 32.2. The van der Waals surface area contributed by atoms with Crippen molar-refractivity contribution in [1.29, 1.82) is 0 Å². The number of aliphatic hydroxyl groups excluding tert-OH is 1. The number of benzene rings is 2. The molecule has 2 aromatic carbocycles. The van der Waals surface area contributed by atoms with Crippen molar-refractivity contribution < 1.29 is 23.4 Å². The van der Waals surface area contributed by atoms with E-state index in [0.717, 1.165) is 4.31 Å². The SMILES string of the molecule is C/C(=N\NC(=O)C1=C(O)c2ccccc2S(=O)(=O)N1C)c1ccc(O)cc1. The number of hydrogen-bond acceptors (Lipinski definition) is 6. The number of sulfonamides is 1. The minimum Gasteiger partial charge on any atom is -0.508 e. The predicted molar refractivity (Wildman–Crippen MR) is 99.4 cm³/mol. The van der Waals surface area contributed by atoms with Crippen molar-refractivity contribution in [2.24, 2.45) is 5.10 Å². The monoisotopic (exact) mass is 387 g/mol. The lowest BCUT2D eigenvalue weighted by atomic mass is 10.1. The highest BCUT2D eigenvalue weighted by molar-refractivity contribution is 7.89. The first-order valence-electron chi connectivity index (χ1n) is 7.89. The third-order valence-electron chi connectivity index (χ3n) is 4.15. The van der Waals surface area contributed by atoms with Crippen molar-refractivity contribution in [1.82, 2.24) is 9.73 Å². The largest absolute Gasteiger partial charge is 0.508 e. The molecule has 0 atom stereocenters. The van der Waals surface area contributed by atoms with Gasteiger partial charge in [0, 0.05) is 12.6 Å². The van der Waals surface area contributed by atoms with Crippen molar-refractivity contribution in [3.05, 3.63) is 65.4 Å². The van der Waals surface area contributed by atoms with E-state index in [1.807, 2.05) is 0 Å². The summed E-state index contributed by atoms with van der Waals surface area (Å²) in [4.78, 5) is 12.4. The van der Waals surface area contributed by atoms with E-state index < -0.39 is 27.4 Å². The van der Waals surface area contributed by atoms with Gasteiger partial charge in [0.1, 0.15) is 5.75 Å². The van der Waals surface area contributed by atoms with Gasteiger partial charge in [-0.2, -0.15) is 5.10 Å². The fraction of sp³-hybridized carbons (Fsp3) is 0.111. The number of phenols is 1. The molecule has 0 spiro atoms. The topological polar surface area (TPSA) is 119 Å². The Hall–Kier alpha value is -3.33. The Morgan fingerprint density at radius 3 is 2.37 bits per heavy atom. The minimum absolute atomic E-state index is 0.0555. The second kappa shape index (κ2) is 6.76. The summed E-state index contributed by atoms with van der Waals surface area (Å²) in [7, 11) is -2.78. The highest BCUT2D eigenvalue weighted by Crippen LogP contribution is 2.34. The normalized spacial score (nSPS) is 16.1. The number of carbonyl (C=O) groups is 1. The summed E-state index contributed by atoms with van der Waals surface area (Å²) in [5, 5.41) is 23.7. The molecule has 3 N–H and O–H groups in total. The fourth-order valence-corrected chi connectivity index (χ4v) is 4.03. The van der Waals surface area contributed by atoms with Gasteiger partial charge in [-0.1, -0.05) is 12.1 Å². The maximum Gasteiger partial charge on any atom is 0.292 e. The lowest BCUT2D eigenvalue weighted by Crippen LogP contribution is -2.38. The predicted octanol–water partition coefficient (Wildman–Crippen LogP) is 1.79. The first-order chi connectivity index (χ1) is 12.7. The average Bonchev–Trinajstić information content (AvgIpc) is 2.65. The van der Waals surface area contributed by atoms with Crippen LogP contribution in [0.5, 0.6) is 5.75 Å². The van der Waals surface area contributed by atoms with Gasteiger partial charge in [0.2, 0.25) is 0 Å². The van der Waals surface area contributed by atoms with E-state index in [0.29, 0.717) is 11.3 Å². The van der Waals surface area contributed by atoms with Crippen molar-refractivity contribution in [2.45, 2.75) is 11.8 Å². The molecular weight excluding hydrogens is 370 g/mol. The second-order valence-electron chi connectivity index (χ2n) is 5.85. The maximum absolute atomic E-state index is 12.6. The smallest absolute Gasteiger partial charge is 0.292 e. The van der Waals surface area contributed by atoms with Gasteiger partial charge in [-0.05, 0) is 48.9 Å². The summed E-state index contributed by atoms with van der Waals surface area (Å²) < 4.78 is 25.9. The number of hydrogen-bond donors (Lipinski definition) is 3. The van der Waals surface area contributed by atoms with Crippen molar-refractivity contribution in [3.63, 3.8) is 0 Å². The molecule has 1 heterocycles. The van der Waals surface area contributed by atoms with Crippen molar-refractivity contribution in [2.75, 3.05) is 7.05 Å². The average molecular weight is 387 g/mol. The van der Waals surface area contributed by atoms with Crippen LogP contribution in [0.1, 0.15) is 18.1 Å². The third kappa shape index (κ3) is 3.24. The summed E-state index contributed by atoms with van der Waals surface area (Å²) in [5.74, 6) is -1.22. The molecule has 0 unspecified atom stereocenters. The van der Waals surface area contributed by atoms with Gasteiger partial charge in [-0.3, -0.25) is 9.10 Å². The molecule has 140 valence electrons. The van der Waals surface area contributed by atoms with E-state index in [2.05, 4.69) is 10.5 Å². The van der Waals surface area contributed by atoms with Crippen LogP contribution in [-0.2, 0) is 14.8 Å². The van der Waals surface area contributed by atoms with Gasteiger partial charge in [0.05, 0.1) is 10.6 Å². The van der Waals surface area contributed by atoms with Gasteiger partial charge < -0.3 is 10.2 Å². The number of nitrogens with one attached hydrogen (secondary N) is 1. The van der Waals surface area contributed by atoms with Crippen LogP contribution >= 0.6 is 0 Å². The summed E-state index contributed by atoms with van der Waals surface area (Å²) in [6.45, 7) is 1.64. The summed E-state index contributed by atoms with van der Waals surface area (Å²) in [6.07, 6.45) is 0. The molecule has 0 saturated heterocycles. The number of fused-ring (bicyclic) bond motifs is 1. The van der Waals surface area contributed by atoms with Gasteiger partial charge in [0.25, 0.3) is 15.9 Å². The summed E-state index contributed by atoms with van der Waals surface area (Å²) in [6, 6.07) is 12.1. The number of likely N-dealkylation sites (N-methyl/N-ethyl adjacent to an activating group) is 1. The van der Waals surface area contributed by atoms with Gasteiger partial charge in [-0.25, -0.2) is 13.8 Å². The zero-order valence-corrected chi connectivity index (χ0v) is 15.4. The van der Waals surface area contributed by atoms with Gasteiger partial charge in [0.15, 0.2) is 11.5 Å². The van der Waals surface area contributed by atoms with E-state index in [4.69, 9.17) is 0 Å². The molecular formula is C18H17N3O5S.